The highest BCUT2D eigenvalue weighted by atomic mass is 16.1. The van der Waals surface area contributed by atoms with Gasteiger partial charge in [0.05, 0.1) is 5.56 Å². The molecule has 0 spiro atoms. The summed E-state index contributed by atoms with van der Waals surface area (Å²) in [6.07, 6.45) is 1.63. The molecule has 0 radical (unpaired) electrons. The zero-order chi connectivity index (χ0) is 15.3. The first kappa shape index (κ1) is 16.5. The van der Waals surface area contributed by atoms with Gasteiger partial charge in [0.2, 0.25) is 0 Å². The molecular weight excluding hydrogens is 250 g/mol. The Morgan fingerprint density at radius 3 is 2.20 bits per heavy atom. The van der Waals surface area contributed by atoms with E-state index in [9.17, 15) is 4.79 Å². The van der Waals surface area contributed by atoms with Crippen LogP contribution in [0.5, 0.6) is 0 Å². The van der Waals surface area contributed by atoms with Gasteiger partial charge < -0.3 is 10.2 Å². The van der Waals surface area contributed by atoms with E-state index in [4.69, 9.17) is 0 Å². The average Bonchev–Trinajstić information content (AvgIpc) is 2.38. The number of aromatic nitrogens is 1. The molecule has 1 aromatic heterocycles. The summed E-state index contributed by atoms with van der Waals surface area (Å²) in [5.41, 5.74) is 0.613. The molecule has 112 valence electrons. The highest BCUT2D eigenvalue weighted by Gasteiger charge is 2.18. The third-order valence-corrected chi connectivity index (χ3v) is 3.68. The summed E-state index contributed by atoms with van der Waals surface area (Å²) in [6, 6.07) is 3.68. The summed E-state index contributed by atoms with van der Waals surface area (Å²) >= 11 is 0. The number of amides is 1. The molecule has 1 aromatic rings. The van der Waals surface area contributed by atoms with Crippen molar-refractivity contribution in [2.45, 2.75) is 27.7 Å². The van der Waals surface area contributed by atoms with Crippen molar-refractivity contribution >= 4 is 11.7 Å². The smallest absolute Gasteiger partial charge is 0.252 e. The molecule has 4 heteroatoms. The van der Waals surface area contributed by atoms with Gasteiger partial charge in [-0.1, -0.05) is 27.7 Å². The van der Waals surface area contributed by atoms with Gasteiger partial charge in [-0.05, 0) is 29.9 Å². The SMILES string of the molecule is CC(C)C(CNC(=O)c1ccc(N(C)C)nc1)C(C)C. The van der Waals surface area contributed by atoms with E-state index in [-0.39, 0.29) is 5.91 Å². The maximum absolute atomic E-state index is 12.1. The predicted molar refractivity (Wildman–Crippen MR) is 84.1 cm³/mol. The van der Waals surface area contributed by atoms with Crippen molar-refractivity contribution in [1.29, 1.82) is 0 Å². The summed E-state index contributed by atoms with van der Waals surface area (Å²) < 4.78 is 0. The lowest BCUT2D eigenvalue weighted by Gasteiger charge is -2.25. The van der Waals surface area contributed by atoms with E-state index in [1.807, 2.05) is 31.1 Å². The lowest BCUT2D eigenvalue weighted by atomic mass is 9.85. The van der Waals surface area contributed by atoms with Gasteiger partial charge in [-0.15, -0.1) is 0 Å². The number of nitrogens with zero attached hydrogens (tertiary/aromatic N) is 2. The predicted octanol–water partition coefficient (Wildman–Crippen LogP) is 2.81. The number of carbonyl (C=O) groups is 1. The fourth-order valence-electron chi connectivity index (χ4n) is 2.34. The number of anilines is 1. The van der Waals surface area contributed by atoms with Crippen LogP contribution in [0.1, 0.15) is 38.1 Å². The Bertz CT molecular complexity index is 416. The van der Waals surface area contributed by atoms with Gasteiger partial charge in [0.25, 0.3) is 5.91 Å². The molecule has 0 aliphatic rings. The summed E-state index contributed by atoms with van der Waals surface area (Å²) in [7, 11) is 3.86. The molecule has 0 aromatic carbocycles. The zero-order valence-corrected chi connectivity index (χ0v) is 13.5. The highest BCUT2D eigenvalue weighted by molar-refractivity contribution is 5.94. The Hall–Kier alpha value is -1.58. The van der Waals surface area contributed by atoms with Crippen molar-refractivity contribution in [3.8, 4) is 0 Å². The number of hydrogen-bond acceptors (Lipinski definition) is 3. The molecule has 1 amide bonds. The largest absolute Gasteiger partial charge is 0.363 e. The average molecular weight is 277 g/mol. The van der Waals surface area contributed by atoms with Gasteiger partial charge in [-0.2, -0.15) is 0 Å². The summed E-state index contributed by atoms with van der Waals surface area (Å²) in [6.45, 7) is 9.51. The quantitative estimate of drug-likeness (QED) is 0.869. The molecular formula is C16H27N3O. The summed E-state index contributed by atoms with van der Waals surface area (Å²) in [5.74, 6) is 2.42. The topological polar surface area (TPSA) is 45.2 Å². The minimum Gasteiger partial charge on any atom is -0.363 e. The molecule has 0 atom stereocenters. The Labute approximate surface area is 122 Å². The first-order chi connectivity index (χ1) is 9.32. The van der Waals surface area contributed by atoms with E-state index in [0.29, 0.717) is 29.9 Å². The van der Waals surface area contributed by atoms with Crippen molar-refractivity contribution in [1.82, 2.24) is 10.3 Å². The molecule has 0 unspecified atom stereocenters. The number of pyridine rings is 1. The van der Waals surface area contributed by atoms with E-state index in [1.54, 1.807) is 6.20 Å². The molecule has 1 heterocycles. The Kier molecular flexibility index (Phi) is 5.99. The molecule has 0 saturated carbocycles. The van der Waals surface area contributed by atoms with E-state index in [0.717, 1.165) is 5.82 Å². The van der Waals surface area contributed by atoms with Crippen LogP contribution in [0.4, 0.5) is 5.82 Å². The van der Waals surface area contributed by atoms with E-state index >= 15 is 0 Å². The van der Waals surface area contributed by atoms with Crippen molar-refractivity contribution in [2.75, 3.05) is 25.5 Å². The van der Waals surface area contributed by atoms with Crippen LogP contribution < -0.4 is 10.2 Å². The van der Waals surface area contributed by atoms with Crippen LogP contribution in [0.2, 0.25) is 0 Å². The number of nitrogens with one attached hydrogen (secondary N) is 1. The third kappa shape index (κ3) is 4.51. The van der Waals surface area contributed by atoms with Crippen LogP contribution in [0.3, 0.4) is 0 Å². The monoisotopic (exact) mass is 277 g/mol. The Morgan fingerprint density at radius 2 is 1.80 bits per heavy atom. The van der Waals surface area contributed by atoms with Crippen LogP contribution >= 0.6 is 0 Å². The molecule has 0 fully saturated rings. The number of rotatable bonds is 6. The second kappa shape index (κ2) is 7.27. The second-order valence-electron chi connectivity index (χ2n) is 6.16. The first-order valence-corrected chi connectivity index (χ1v) is 7.24. The second-order valence-corrected chi connectivity index (χ2v) is 6.16. The minimum absolute atomic E-state index is 0.0471. The zero-order valence-electron chi connectivity index (χ0n) is 13.5. The van der Waals surface area contributed by atoms with Gasteiger partial charge in [0.15, 0.2) is 0 Å². The standard InChI is InChI=1S/C16H27N3O/c1-11(2)14(12(3)4)10-18-16(20)13-7-8-15(17-9-13)19(5)6/h7-9,11-12,14H,10H2,1-6H3,(H,18,20). The number of hydrogen-bond donors (Lipinski definition) is 1. The third-order valence-electron chi connectivity index (χ3n) is 3.68. The molecule has 0 aliphatic heterocycles. The fraction of sp³-hybridized carbons (Fsp3) is 0.625. The molecule has 1 rings (SSSR count). The first-order valence-electron chi connectivity index (χ1n) is 7.24. The lowest BCUT2D eigenvalue weighted by Crippen LogP contribution is -2.34. The number of carbonyl (C=O) groups excluding carboxylic acids is 1. The minimum atomic E-state index is -0.0471. The highest BCUT2D eigenvalue weighted by Crippen LogP contribution is 2.19. The van der Waals surface area contributed by atoms with Crippen LogP contribution in [-0.4, -0.2) is 31.5 Å². The molecule has 0 bridgehead atoms. The van der Waals surface area contributed by atoms with Gasteiger partial charge >= 0.3 is 0 Å². The maximum atomic E-state index is 12.1. The van der Waals surface area contributed by atoms with Gasteiger partial charge in [0.1, 0.15) is 5.82 Å². The van der Waals surface area contributed by atoms with Gasteiger partial charge in [0, 0.05) is 26.8 Å². The molecule has 4 nitrogen and oxygen atoms in total. The molecule has 0 saturated heterocycles. The fourth-order valence-corrected chi connectivity index (χ4v) is 2.34. The van der Waals surface area contributed by atoms with E-state index < -0.39 is 0 Å². The molecule has 0 aliphatic carbocycles. The van der Waals surface area contributed by atoms with E-state index in [1.165, 1.54) is 0 Å². The van der Waals surface area contributed by atoms with Crippen molar-refractivity contribution < 1.29 is 4.79 Å². The van der Waals surface area contributed by atoms with Crippen LogP contribution in [0.25, 0.3) is 0 Å². The van der Waals surface area contributed by atoms with Crippen LogP contribution in [-0.2, 0) is 0 Å². The lowest BCUT2D eigenvalue weighted by molar-refractivity contribution is 0.0937. The van der Waals surface area contributed by atoms with Crippen molar-refractivity contribution in [2.24, 2.45) is 17.8 Å². The van der Waals surface area contributed by atoms with Crippen molar-refractivity contribution in [3.05, 3.63) is 23.9 Å². The van der Waals surface area contributed by atoms with Gasteiger partial charge in [-0.3, -0.25) is 4.79 Å². The molecule has 1 N–H and O–H groups in total. The van der Waals surface area contributed by atoms with Crippen molar-refractivity contribution in [3.63, 3.8) is 0 Å². The summed E-state index contributed by atoms with van der Waals surface area (Å²) in [4.78, 5) is 18.3. The Balaban J connectivity index is 2.62. The summed E-state index contributed by atoms with van der Waals surface area (Å²) in [5, 5.41) is 3.02. The molecule has 20 heavy (non-hydrogen) atoms. The maximum Gasteiger partial charge on any atom is 0.252 e. The van der Waals surface area contributed by atoms with Gasteiger partial charge in [-0.25, -0.2) is 4.98 Å². The van der Waals surface area contributed by atoms with Crippen LogP contribution in [0.15, 0.2) is 18.3 Å². The normalized spacial score (nSPS) is 11.2. The van der Waals surface area contributed by atoms with Crippen LogP contribution in [0, 0.1) is 17.8 Å². The Morgan fingerprint density at radius 1 is 1.20 bits per heavy atom. The van der Waals surface area contributed by atoms with E-state index in [2.05, 4.69) is 38.0 Å².